The second-order valence-electron chi connectivity index (χ2n) is 5.14. The van der Waals surface area contributed by atoms with Gasteiger partial charge in [-0.25, -0.2) is 13.6 Å². The Balaban J connectivity index is 2.18. The molecule has 0 aromatic heterocycles. The number of hydrogen-bond acceptors (Lipinski definition) is 4. The summed E-state index contributed by atoms with van der Waals surface area (Å²) in [6.45, 7) is 0.699. The van der Waals surface area contributed by atoms with Crippen molar-refractivity contribution in [3.63, 3.8) is 0 Å². The highest BCUT2D eigenvalue weighted by Gasteiger charge is 2.29. The molecule has 106 valence electrons. The van der Waals surface area contributed by atoms with Crippen LogP contribution in [-0.2, 0) is 10.0 Å². The molecule has 0 radical (unpaired) electrons. The fourth-order valence-electron chi connectivity index (χ4n) is 2.86. The van der Waals surface area contributed by atoms with E-state index < -0.39 is 10.0 Å². The fourth-order valence-corrected chi connectivity index (χ4v) is 3.38. The third kappa shape index (κ3) is 3.08. The first kappa shape index (κ1) is 14.3. The highest BCUT2D eigenvalue weighted by Crippen LogP contribution is 2.31. The molecule has 5 nitrogen and oxygen atoms in total. The van der Waals surface area contributed by atoms with Crippen LogP contribution in [0.4, 0.5) is 5.69 Å². The van der Waals surface area contributed by atoms with Gasteiger partial charge in [-0.3, -0.25) is 0 Å². The quantitative estimate of drug-likeness (QED) is 0.859. The largest absolute Gasteiger partial charge is 0.371 e. The van der Waals surface area contributed by atoms with Crippen LogP contribution in [0.1, 0.15) is 19.3 Å². The first-order valence-corrected chi connectivity index (χ1v) is 8.04. The van der Waals surface area contributed by atoms with Crippen molar-refractivity contribution >= 4 is 15.7 Å². The second-order valence-corrected chi connectivity index (χ2v) is 6.71. The summed E-state index contributed by atoms with van der Waals surface area (Å²) in [4.78, 5) is 2.34. The molecule has 1 aliphatic rings. The zero-order valence-electron chi connectivity index (χ0n) is 11.1. The third-order valence-electron chi connectivity index (χ3n) is 3.99. The van der Waals surface area contributed by atoms with E-state index in [2.05, 4.69) is 4.90 Å². The van der Waals surface area contributed by atoms with E-state index in [4.69, 9.17) is 10.9 Å². The van der Waals surface area contributed by atoms with Crippen LogP contribution < -0.4 is 15.8 Å². The number of benzene rings is 1. The molecule has 0 bridgehead atoms. The van der Waals surface area contributed by atoms with Gasteiger partial charge in [-0.2, -0.15) is 0 Å². The standard InChI is InChI=1S/C13H21N3O2S/c1-16(13-4-2-3-10(13)9-14)11-5-7-12(8-6-11)19(15,17)18/h5-8,10,13H,2-4,9,14H2,1H3,(H2,15,17,18). The SMILES string of the molecule is CN(c1ccc(S(N)(=O)=O)cc1)C1CCCC1CN. The number of hydrogen-bond donors (Lipinski definition) is 2. The van der Waals surface area contributed by atoms with Gasteiger partial charge in [0.05, 0.1) is 4.90 Å². The van der Waals surface area contributed by atoms with Crippen molar-refractivity contribution in [2.45, 2.75) is 30.2 Å². The van der Waals surface area contributed by atoms with E-state index in [1.165, 1.54) is 12.8 Å². The monoisotopic (exact) mass is 283 g/mol. The molecule has 0 spiro atoms. The molecule has 4 N–H and O–H groups in total. The zero-order chi connectivity index (χ0) is 14.0. The van der Waals surface area contributed by atoms with E-state index in [1.54, 1.807) is 24.3 Å². The topological polar surface area (TPSA) is 89.4 Å². The molecule has 6 heteroatoms. The summed E-state index contributed by atoms with van der Waals surface area (Å²) >= 11 is 0. The predicted molar refractivity (Wildman–Crippen MR) is 76.4 cm³/mol. The number of nitrogens with zero attached hydrogens (tertiary/aromatic N) is 1. The lowest BCUT2D eigenvalue weighted by Gasteiger charge is -2.31. The summed E-state index contributed by atoms with van der Waals surface area (Å²) in [5, 5.41) is 5.09. The van der Waals surface area contributed by atoms with Crippen molar-refractivity contribution in [3.8, 4) is 0 Å². The van der Waals surface area contributed by atoms with Crippen LogP contribution in [0, 0.1) is 5.92 Å². The lowest BCUT2D eigenvalue weighted by atomic mass is 10.0. The van der Waals surface area contributed by atoms with Gasteiger partial charge < -0.3 is 10.6 Å². The maximum Gasteiger partial charge on any atom is 0.238 e. The van der Waals surface area contributed by atoms with Gasteiger partial charge in [0.1, 0.15) is 0 Å². The highest BCUT2D eigenvalue weighted by atomic mass is 32.2. The molecular formula is C13H21N3O2S. The lowest BCUT2D eigenvalue weighted by molar-refractivity contribution is 0.474. The molecule has 1 aromatic rings. The van der Waals surface area contributed by atoms with E-state index in [9.17, 15) is 8.42 Å². The van der Waals surface area contributed by atoms with Gasteiger partial charge in [0, 0.05) is 18.8 Å². The maximum absolute atomic E-state index is 11.2. The number of anilines is 1. The zero-order valence-corrected chi connectivity index (χ0v) is 11.9. The minimum absolute atomic E-state index is 0.145. The van der Waals surface area contributed by atoms with E-state index in [0.717, 1.165) is 12.1 Å². The van der Waals surface area contributed by atoms with Gasteiger partial charge in [-0.05, 0) is 49.6 Å². The Labute approximate surface area is 114 Å². The Bertz CT molecular complexity index is 527. The van der Waals surface area contributed by atoms with Gasteiger partial charge in [-0.1, -0.05) is 6.42 Å². The van der Waals surface area contributed by atoms with Crippen molar-refractivity contribution in [2.75, 3.05) is 18.5 Å². The molecular weight excluding hydrogens is 262 g/mol. The van der Waals surface area contributed by atoms with Gasteiger partial charge >= 0.3 is 0 Å². The van der Waals surface area contributed by atoms with Gasteiger partial charge in [0.2, 0.25) is 10.0 Å². The van der Waals surface area contributed by atoms with Crippen LogP contribution in [0.15, 0.2) is 29.2 Å². The van der Waals surface area contributed by atoms with Crippen LogP contribution in [-0.4, -0.2) is 28.1 Å². The first-order chi connectivity index (χ1) is 8.93. The predicted octanol–water partition coefficient (Wildman–Crippen LogP) is 0.898. The van der Waals surface area contributed by atoms with Crippen molar-refractivity contribution in [1.82, 2.24) is 0 Å². The van der Waals surface area contributed by atoms with Crippen molar-refractivity contribution in [2.24, 2.45) is 16.8 Å². The van der Waals surface area contributed by atoms with Crippen molar-refractivity contribution < 1.29 is 8.42 Å². The van der Waals surface area contributed by atoms with Gasteiger partial charge in [0.25, 0.3) is 0 Å². The average molecular weight is 283 g/mol. The molecule has 0 aliphatic heterocycles. The van der Waals surface area contributed by atoms with Crippen LogP contribution in [0.5, 0.6) is 0 Å². The smallest absolute Gasteiger partial charge is 0.238 e. The molecule has 1 saturated carbocycles. The summed E-state index contributed by atoms with van der Waals surface area (Å²) in [6, 6.07) is 7.13. The minimum atomic E-state index is -3.62. The third-order valence-corrected chi connectivity index (χ3v) is 4.92. The second kappa shape index (κ2) is 5.48. The lowest BCUT2D eigenvalue weighted by Crippen LogP contribution is -2.37. The average Bonchev–Trinajstić information content (AvgIpc) is 2.85. The number of sulfonamides is 1. The number of nitrogens with two attached hydrogens (primary N) is 2. The minimum Gasteiger partial charge on any atom is -0.371 e. The molecule has 1 aliphatic carbocycles. The Hall–Kier alpha value is -1.11. The molecule has 2 rings (SSSR count). The highest BCUT2D eigenvalue weighted by molar-refractivity contribution is 7.89. The summed E-state index contributed by atoms with van der Waals surface area (Å²) in [7, 11) is -1.59. The van der Waals surface area contributed by atoms with Crippen molar-refractivity contribution in [1.29, 1.82) is 0 Å². The summed E-state index contributed by atoms with van der Waals surface area (Å²) < 4.78 is 22.4. The van der Waals surface area contributed by atoms with Gasteiger partial charge in [-0.15, -0.1) is 0 Å². The molecule has 0 heterocycles. The van der Waals surface area contributed by atoms with Crippen molar-refractivity contribution in [3.05, 3.63) is 24.3 Å². The Morgan fingerprint density at radius 1 is 1.26 bits per heavy atom. The number of primary sulfonamides is 1. The van der Waals surface area contributed by atoms with Gasteiger partial charge in [0.15, 0.2) is 0 Å². The number of rotatable bonds is 4. The first-order valence-electron chi connectivity index (χ1n) is 6.49. The Morgan fingerprint density at radius 3 is 2.42 bits per heavy atom. The Morgan fingerprint density at radius 2 is 1.89 bits per heavy atom. The molecule has 2 atom stereocenters. The van der Waals surface area contributed by atoms with E-state index >= 15 is 0 Å². The molecule has 1 fully saturated rings. The van der Waals surface area contributed by atoms with Crippen LogP contribution in [0.3, 0.4) is 0 Å². The van der Waals surface area contributed by atoms with E-state index in [-0.39, 0.29) is 4.90 Å². The van der Waals surface area contributed by atoms with Crippen LogP contribution in [0.25, 0.3) is 0 Å². The molecule has 0 saturated heterocycles. The summed E-state index contributed by atoms with van der Waals surface area (Å²) in [6.07, 6.45) is 3.50. The fraction of sp³-hybridized carbons (Fsp3) is 0.538. The van der Waals surface area contributed by atoms with Crippen LogP contribution in [0.2, 0.25) is 0 Å². The molecule has 1 aromatic carbocycles. The van der Waals surface area contributed by atoms with E-state index in [1.807, 2.05) is 7.05 Å². The molecule has 19 heavy (non-hydrogen) atoms. The summed E-state index contributed by atoms with van der Waals surface area (Å²) in [5.74, 6) is 0.517. The Kier molecular flexibility index (Phi) is 4.13. The summed E-state index contributed by atoms with van der Waals surface area (Å²) in [5.41, 5.74) is 6.80. The molecule has 2 unspecified atom stereocenters. The normalized spacial score (nSPS) is 23.5. The maximum atomic E-state index is 11.2. The van der Waals surface area contributed by atoms with Crippen LogP contribution >= 0.6 is 0 Å². The molecule has 0 amide bonds. The van der Waals surface area contributed by atoms with E-state index in [0.29, 0.717) is 18.5 Å².